The molecule has 7 heteroatoms. The number of carbonyl (C=O) groups excluding carboxylic acids is 2. The van der Waals surface area contributed by atoms with E-state index < -0.39 is 5.82 Å². The Labute approximate surface area is 152 Å². The topological polar surface area (TPSA) is 61.4 Å². The average molecular weight is 370 g/mol. The molecule has 2 rings (SSSR count). The van der Waals surface area contributed by atoms with Crippen LogP contribution < -0.4 is 10.6 Å². The first-order valence-corrected chi connectivity index (χ1v) is 8.81. The first-order valence-electron chi connectivity index (χ1n) is 8.43. The van der Waals surface area contributed by atoms with Crippen molar-refractivity contribution in [1.82, 2.24) is 10.2 Å². The predicted molar refractivity (Wildman–Crippen MR) is 97.1 cm³/mol. The molecule has 5 nitrogen and oxygen atoms in total. The van der Waals surface area contributed by atoms with E-state index in [2.05, 4.69) is 15.5 Å². The van der Waals surface area contributed by atoms with Crippen LogP contribution >= 0.6 is 11.6 Å². The summed E-state index contributed by atoms with van der Waals surface area (Å²) in [6.45, 7) is 7.58. The van der Waals surface area contributed by atoms with E-state index in [0.717, 1.165) is 0 Å². The maximum Gasteiger partial charge on any atom is 0.234 e. The number of likely N-dealkylation sites (tertiary alicyclic amines) is 1. The van der Waals surface area contributed by atoms with Crippen molar-refractivity contribution in [2.75, 3.05) is 25.0 Å². The minimum atomic E-state index is -0.512. The van der Waals surface area contributed by atoms with Crippen LogP contribution in [0, 0.1) is 11.7 Å². The Bertz CT molecular complexity index is 638. The Balaban J connectivity index is 1.80. The van der Waals surface area contributed by atoms with E-state index in [-0.39, 0.29) is 28.3 Å². The van der Waals surface area contributed by atoms with Crippen molar-refractivity contribution in [2.45, 2.75) is 39.2 Å². The maximum absolute atomic E-state index is 13.2. The molecule has 0 saturated carbocycles. The van der Waals surface area contributed by atoms with Crippen LogP contribution in [-0.4, -0.2) is 41.9 Å². The molecule has 2 amide bonds. The summed E-state index contributed by atoms with van der Waals surface area (Å²) in [5.41, 5.74) is 0.245. The Hall–Kier alpha value is -1.66. The molecule has 0 aliphatic carbocycles. The van der Waals surface area contributed by atoms with Gasteiger partial charge in [-0.25, -0.2) is 4.39 Å². The number of nitrogens with one attached hydrogen (secondary N) is 2. The zero-order chi connectivity index (χ0) is 18.6. The molecule has 1 aromatic rings. The number of benzene rings is 1. The van der Waals surface area contributed by atoms with Gasteiger partial charge in [0.05, 0.1) is 11.6 Å². The summed E-state index contributed by atoms with van der Waals surface area (Å²) >= 11 is 5.73. The molecule has 0 atom stereocenters. The van der Waals surface area contributed by atoms with Gasteiger partial charge in [0.15, 0.2) is 0 Å². The summed E-state index contributed by atoms with van der Waals surface area (Å²) in [7, 11) is 0. The maximum atomic E-state index is 13.2. The molecule has 2 N–H and O–H groups in total. The summed E-state index contributed by atoms with van der Waals surface area (Å²) in [6, 6.07) is 4.13. The number of carbonyl (C=O) groups is 2. The molecule has 1 aliphatic rings. The normalized spacial score (nSPS) is 16.5. The lowest BCUT2D eigenvalue weighted by Crippen LogP contribution is -2.48. The summed E-state index contributed by atoms with van der Waals surface area (Å²) in [5, 5.41) is 5.70. The third kappa shape index (κ3) is 6.29. The highest BCUT2D eigenvalue weighted by atomic mass is 35.5. The van der Waals surface area contributed by atoms with Crippen LogP contribution in [-0.2, 0) is 9.59 Å². The van der Waals surface area contributed by atoms with Crippen LogP contribution in [0.1, 0.15) is 33.6 Å². The average Bonchev–Trinajstić information content (AvgIpc) is 2.49. The van der Waals surface area contributed by atoms with Crippen LogP contribution in [0.5, 0.6) is 0 Å². The van der Waals surface area contributed by atoms with Gasteiger partial charge in [0, 0.05) is 17.1 Å². The molecule has 25 heavy (non-hydrogen) atoms. The fourth-order valence-corrected chi connectivity index (χ4v) is 3.01. The lowest BCUT2D eigenvalue weighted by atomic mass is 9.95. The van der Waals surface area contributed by atoms with Gasteiger partial charge in [-0.2, -0.15) is 0 Å². The Morgan fingerprint density at radius 3 is 2.48 bits per heavy atom. The van der Waals surface area contributed by atoms with Gasteiger partial charge >= 0.3 is 0 Å². The summed E-state index contributed by atoms with van der Waals surface area (Å²) in [6.07, 6.45) is 1.37. The Morgan fingerprint density at radius 2 is 1.92 bits per heavy atom. The second kappa shape index (κ2) is 8.15. The molecular formula is C18H25ClFN3O2. The monoisotopic (exact) mass is 369 g/mol. The van der Waals surface area contributed by atoms with E-state index in [0.29, 0.717) is 38.2 Å². The number of anilines is 1. The van der Waals surface area contributed by atoms with Crippen LogP contribution in [0.3, 0.4) is 0 Å². The van der Waals surface area contributed by atoms with Crippen molar-refractivity contribution in [3.63, 3.8) is 0 Å². The quantitative estimate of drug-likeness (QED) is 0.857. The van der Waals surface area contributed by atoms with Crippen LogP contribution in [0.25, 0.3) is 0 Å². The minimum Gasteiger partial charge on any atom is -0.350 e. The molecule has 138 valence electrons. The molecule has 0 bridgehead atoms. The van der Waals surface area contributed by atoms with E-state index in [1.54, 1.807) is 0 Å². The van der Waals surface area contributed by atoms with Gasteiger partial charge in [0.25, 0.3) is 0 Å². The van der Waals surface area contributed by atoms with E-state index >= 15 is 0 Å². The number of rotatable bonds is 4. The lowest BCUT2D eigenvalue weighted by molar-refractivity contribution is -0.124. The standard InChI is InChI=1S/C18H25ClFN3O2/c1-18(2,3)22-16(24)11-23-8-6-12(7-9-23)17(25)21-13-4-5-15(20)14(19)10-13/h4-5,10,12H,6-9,11H2,1-3H3,(H,21,25)(H,22,24). The van der Waals surface area contributed by atoms with Crippen molar-refractivity contribution < 1.29 is 14.0 Å². The Morgan fingerprint density at radius 1 is 1.28 bits per heavy atom. The molecule has 1 aliphatic heterocycles. The number of hydrogen-bond acceptors (Lipinski definition) is 3. The number of halogens is 2. The smallest absolute Gasteiger partial charge is 0.234 e. The molecular weight excluding hydrogens is 345 g/mol. The fourth-order valence-electron chi connectivity index (χ4n) is 2.83. The molecule has 0 unspecified atom stereocenters. The van der Waals surface area contributed by atoms with Crippen molar-refractivity contribution in [3.8, 4) is 0 Å². The second-order valence-electron chi connectivity index (χ2n) is 7.47. The largest absolute Gasteiger partial charge is 0.350 e. The molecule has 1 saturated heterocycles. The summed E-state index contributed by atoms with van der Waals surface area (Å²) in [5.74, 6) is -0.731. The van der Waals surface area contributed by atoms with E-state index in [1.807, 2.05) is 20.8 Å². The van der Waals surface area contributed by atoms with Crippen LogP contribution in [0.4, 0.5) is 10.1 Å². The van der Waals surface area contributed by atoms with Gasteiger partial charge in [-0.05, 0) is 64.9 Å². The number of hydrogen-bond donors (Lipinski definition) is 2. The highest BCUT2D eigenvalue weighted by molar-refractivity contribution is 6.31. The third-order valence-electron chi connectivity index (χ3n) is 4.03. The number of nitrogens with zero attached hydrogens (tertiary/aromatic N) is 1. The van der Waals surface area contributed by atoms with Gasteiger partial charge in [-0.15, -0.1) is 0 Å². The van der Waals surface area contributed by atoms with Crippen molar-refractivity contribution in [1.29, 1.82) is 0 Å². The number of piperidine rings is 1. The highest BCUT2D eigenvalue weighted by Crippen LogP contribution is 2.22. The molecule has 1 aromatic carbocycles. The fraction of sp³-hybridized carbons (Fsp3) is 0.556. The van der Waals surface area contributed by atoms with E-state index in [4.69, 9.17) is 11.6 Å². The summed E-state index contributed by atoms with van der Waals surface area (Å²) in [4.78, 5) is 26.4. The highest BCUT2D eigenvalue weighted by Gasteiger charge is 2.26. The van der Waals surface area contributed by atoms with Crippen LogP contribution in [0.2, 0.25) is 5.02 Å². The lowest BCUT2D eigenvalue weighted by Gasteiger charge is -2.31. The molecule has 0 spiro atoms. The van der Waals surface area contributed by atoms with Crippen molar-refractivity contribution in [3.05, 3.63) is 29.0 Å². The van der Waals surface area contributed by atoms with Gasteiger partial charge in [0.2, 0.25) is 11.8 Å². The predicted octanol–water partition coefficient (Wildman–Crippen LogP) is 3.04. The first kappa shape index (κ1) is 19.7. The van der Waals surface area contributed by atoms with Gasteiger partial charge in [0.1, 0.15) is 5.82 Å². The second-order valence-corrected chi connectivity index (χ2v) is 7.87. The van der Waals surface area contributed by atoms with Crippen LogP contribution in [0.15, 0.2) is 18.2 Å². The summed E-state index contributed by atoms with van der Waals surface area (Å²) < 4.78 is 13.2. The third-order valence-corrected chi connectivity index (χ3v) is 4.32. The zero-order valence-electron chi connectivity index (χ0n) is 14.9. The molecule has 0 radical (unpaired) electrons. The first-order chi connectivity index (χ1) is 11.6. The van der Waals surface area contributed by atoms with Gasteiger partial charge < -0.3 is 10.6 Å². The van der Waals surface area contributed by atoms with Crippen molar-refractivity contribution in [2.24, 2.45) is 5.92 Å². The molecule has 0 aromatic heterocycles. The van der Waals surface area contributed by atoms with E-state index in [1.165, 1.54) is 18.2 Å². The molecule has 1 fully saturated rings. The minimum absolute atomic E-state index is 0.00337. The zero-order valence-corrected chi connectivity index (χ0v) is 15.6. The Kier molecular flexibility index (Phi) is 6.41. The van der Waals surface area contributed by atoms with Crippen molar-refractivity contribution >= 4 is 29.1 Å². The van der Waals surface area contributed by atoms with Gasteiger partial charge in [-0.1, -0.05) is 11.6 Å². The van der Waals surface area contributed by atoms with Gasteiger partial charge in [-0.3, -0.25) is 14.5 Å². The SMILES string of the molecule is CC(C)(C)NC(=O)CN1CCC(C(=O)Nc2ccc(F)c(Cl)c2)CC1. The molecule has 1 heterocycles. The van der Waals surface area contributed by atoms with E-state index in [9.17, 15) is 14.0 Å². The number of amides is 2.